The van der Waals surface area contributed by atoms with Crippen molar-refractivity contribution in [3.63, 3.8) is 0 Å². The van der Waals surface area contributed by atoms with Crippen molar-refractivity contribution in [1.82, 2.24) is 5.06 Å². The lowest BCUT2D eigenvalue weighted by molar-refractivity contribution is -0.475. The zero-order valence-electron chi connectivity index (χ0n) is 17.0. The molecular weight excluding hydrogens is 380 g/mol. The molecule has 1 N–H and O–H groups in total. The average molecular weight is 408 g/mol. The summed E-state index contributed by atoms with van der Waals surface area (Å²) in [5, 5.41) is 25.9. The van der Waals surface area contributed by atoms with Crippen LogP contribution in [0.15, 0.2) is 73.3 Å². The SMILES string of the molecule is C=CCO[C@]1(/C=[N+](/[O-])Cc2ccccc2)C[C@H]2C[C@@H]([C@H]1O)N(Cc1ccccc1)O2. The molecule has 1 heterocycles. The molecule has 0 radical (unpaired) electrons. The summed E-state index contributed by atoms with van der Waals surface area (Å²) in [5.74, 6) is 0. The number of aliphatic hydroxyl groups excluding tert-OH is 1. The van der Waals surface area contributed by atoms with Crippen molar-refractivity contribution >= 4 is 6.21 Å². The van der Waals surface area contributed by atoms with Crippen LogP contribution in [0.25, 0.3) is 0 Å². The highest BCUT2D eigenvalue weighted by atomic mass is 16.7. The van der Waals surface area contributed by atoms with Gasteiger partial charge in [0.1, 0.15) is 6.10 Å². The van der Waals surface area contributed by atoms with Crippen LogP contribution in [0.3, 0.4) is 0 Å². The zero-order valence-corrected chi connectivity index (χ0v) is 17.0. The Morgan fingerprint density at radius 1 is 1.17 bits per heavy atom. The van der Waals surface area contributed by atoms with E-state index in [-0.39, 0.29) is 25.3 Å². The molecule has 1 aliphatic heterocycles. The smallest absolute Gasteiger partial charge is 0.186 e. The lowest BCUT2D eigenvalue weighted by atomic mass is 9.78. The number of fused-ring (bicyclic) bond motifs is 2. The third kappa shape index (κ3) is 4.47. The largest absolute Gasteiger partial charge is 0.624 e. The number of hydroxylamine groups is 3. The highest BCUT2D eigenvalue weighted by molar-refractivity contribution is 5.66. The van der Waals surface area contributed by atoms with Gasteiger partial charge < -0.3 is 15.1 Å². The lowest BCUT2D eigenvalue weighted by Gasteiger charge is -2.39. The van der Waals surface area contributed by atoms with E-state index in [0.717, 1.165) is 15.9 Å². The summed E-state index contributed by atoms with van der Waals surface area (Å²) in [4.78, 5) is 6.12. The quantitative estimate of drug-likeness (QED) is 0.239. The monoisotopic (exact) mass is 408 g/mol. The fourth-order valence-electron chi connectivity index (χ4n) is 4.40. The molecule has 1 aliphatic carbocycles. The minimum Gasteiger partial charge on any atom is -0.624 e. The molecule has 0 spiro atoms. The Hall–Kier alpha value is -2.51. The van der Waals surface area contributed by atoms with Crippen molar-refractivity contribution in [1.29, 1.82) is 0 Å². The average Bonchev–Trinajstić information content (AvgIpc) is 3.10. The predicted octanol–water partition coefficient (Wildman–Crippen LogP) is 3.05. The fraction of sp³-hybridized carbons (Fsp3) is 0.375. The Kier molecular flexibility index (Phi) is 6.29. The second kappa shape index (κ2) is 9.10. The first-order chi connectivity index (χ1) is 14.6. The van der Waals surface area contributed by atoms with Gasteiger partial charge in [-0.05, 0) is 12.0 Å². The van der Waals surface area contributed by atoms with E-state index >= 15 is 0 Å². The van der Waals surface area contributed by atoms with Crippen molar-refractivity contribution in [2.75, 3.05) is 6.61 Å². The van der Waals surface area contributed by atoms with Gasteiger partial charge in [0.2, 0.25) is 0 Å². The highest BCUT2D eigenvalue weighted by Gasteiger charge is 2.57. The standard InChI is InChI=1S/C24H28N2O4/c1-2-13-29-24(18-25(28)16-19-9-5-3-6-10-19)15-21-14-22(23(24)27)26(30-21)17-20-11-7-4-8-12-20/h2-12,18,21-23,27H,1,13-17H2/b25-18+/t21-,22+,23-,24+/m1/s1. The molecule has 0 aromatic heterocycles. The summed E-state index contributed by atoms with van der Waals surface area (Å²) in [7, 11) is 0. The van der Waals surface area contributed by atoms with Gasteiger partial charge in [0.25, 0.3) is 0 Å². The summed E-state index contributed by atoms with van der Waals surface area (Å²) in [6.45, 7) is 4.72. The Bertz CT molecular complexity index is 873. The van der Waals surface area contributed by atoms with Gasteiger partial charge >= 0.3 is 0 Å². The van der Waals surface area contributed by atoms with Crippen molar-refractivity contribution in [3.8, 4) is 0 Å². The summed E-state index contributed by atoms with van der Waals surface area (Å²) in [6.07, 6.45) is 3.23. The summed E-state index contributed by atoms with van der Waals surface area (Å²) < 4.78 is 6.90. The van der Waals surface area contributed by atoms with Crippen molar-refractivity contribution in [2.45, 2.75) is 49.8 Å². The zero-order chi connectivity index (χ0) is 21.0. The molecule has 2 aliphatic rings. The van der Waals surface area contributed by atoms with E-state index in [1.807, 2.05) is 65.7 Å². The Labute approximate surface area is 177 Å². The number of benzene rings is 2. The Morgan fingerprint density at radius 2 is 1.83 bits per heavy atom. The molecule has 6 heteroatoms. The first-order valence-electron chi connectivity index (χ1n) is 10.3. The summed E-state index contributed by atoms with van der Waals surface area (Å²) >= 11 is 0. The number of aliphatic hydroxyl groups is 1. The molecule has 158 valence electrons. The van der Waals surface area contributed by atoms with E-state index in [0.29, 0.717) is 19.4 Å². The van der Waals surface area contributed by atoms with Gasteiger partial charge in [-0.25, -0.2) is 4.74 Å². The molecule has 2 aromatic carbocycles. The molecular formula is C24H28N2O4. The van der Waals surface area contributed by atoms with Crippen LogP contribution in [-0.2, 0) is 22.7 Å². The van der Waals surface area contributed by atoms with Gasteiger partial charge in [0.15, 0.2) is 18.4 Å². The van der Waals surface area contributed by atoms with Gasteiger partial charge in [-0.15, -0.1) is 6.58 Å². The molecule has 0 unspecified atom stereocenters. The highest BCUT2D eigenvalue weighted by Crippen LogP contribution is 2.41. The number of hydrogen-bond acceptors (Lipinski definition) is 5. The minimum absolute atomic E-state index is 0.117. The molecule has 1 saturated carbocycles. The van der Waals surface area contributed by atoms with Crippen LogP contribution in [0.4, 0.5) is 0 Å². The molecule has 4 atom stereocenters. The van der Waals surface area contributed by atoms with E-state index in [1.54, 1.807) is 6.08 Å². The predicted molar refractivity (Wildman–Crippen MR) is 115 cm³/mol. The van der Waals surface area contributed by atoms with Crippen LogP contribution in [0, 0.1) is 5.21 Å². The Balaban J connectivity index is 1.57. The van der Waals surface area contributed by atoms with Gasteiger partial charge in [-0.3, -0.25) is 4.84 Å². The molecule has 0 amide bonds. The molecule has 2 fully saturated rings. The molecule has 2 aromatic rings. The maximum absolute atomic E-state index is 12.8. The third-order valence-electron chi connectivity index (χ3n) is 5.77. The fourth-order valence-corrected chi connectivity index (χ4v) is 4.40. The van der Waals surface area contributed by atoms with Gasteiger partial charge in [0.05, 0.1) is 18.8 Å². The van der Waals surface area contributed by atoms with E-state index in [9.17, 15) is 10.3 Å². The molecule has 1 saturated heterocycles. The van der Waals surface area contributed by atoms with Crippen LogP contribution < -0.4 is 0 Å². The van der Waals surface area contributed by atoms with E-state index in [4.69, 9.17) is 9.57 Å². The van der Waals surface area contributed by atoms with Crippen molar-refractivity contribution in [2.24, 2.45) is 0 Å². The second-order valence-electron chi connectivity index (χ2n) is 7.98. The number of rotatable bonds is 8. The Morgan fingerprint density at radius 3 is 2.50 bits per heavy atom. The minimum atomic E-state index is -1.12. The van der Waals surface area contributed by atoms with Crippen molar-refractivity contribution < 1.29 is 19.4 Å². The van der Waals surface area contributed by atoms with Gasteiger partial charge in [-0.2, -0.15) is 5.06 Å². The summed E-state index contributed by atoms with van der Waals surface area (Å²) in [6, 6.07) is 19.3. The number of nitrogens with zero attached hydrogens (tertiary/aromatic N) is 2. The van der Waals surface area contributed by atoms with Gasteiger partial charge in [0, 0.05) is 18.5 Å². The lowest BCUT2D eigenvalue weighted by Crippen LogP contribution is -2.59. The van der Waals surface area contributed by atoms with E-state index < -0.39 is 11.7 Å². The molecule has 4 rings (SSSR count). The number of ether oxygens (including phenoxy) is 1. The molecule has 30 heavy (non-hydrogen) atoms. The van der Waals surface area contributed by atoms with Crippen LogP contribution in [-0.4, -0.2) is 51.6 Å². The maximum atomic E-state index is 12.8. The van der Waals surface area contributed by atoms with Gasteiger partial charge in [-0.1, -0.05) is 66.7 Å². The normalized spacial score (nSPS) is 29.1. The third-order valence-corrected chi connectivity index (χ3v) is 5.77. The molecule has 2 bridgehead atoms. The van der Waals surface area contributed by atoms with Crippen LogP contribution in [0.1, 0.15) is 24.0 Å². The second-order valence-corrected chi connectivity index (χ2v) is 7.98. The van der Waals surface area contributed by atoms with Crippen molar-refractivity contribution in [3.05, 3.63) is 89.7 Å². The van der Waals surface area contributed by atoms with Crippen LogP contribution >= 0.6 is 0 Å². The first-order valence-corrected chi connectivity index (χ1v) is 10.3. The van der Waals surface area contributed by atoms with E-state index in [2.05, 4.69) is 6.58 Å². The van der Waals surface area contributed by atoms with Crippen LogP contribution in [0.2, 0.25) is 0 Å². The van der Waals surface area contributed by atoms with E-state index in [1.165, 1.54) is 6.21 Å². The summed E-state index contributed by atoms with van der Waals surface area (Å²) in [5.41, 5.74) is 0.884. The topological polar surface area (TPSA) is 68.0 Å². The first kappa shape index (κ1) is 20.8. The maximum Gasteiger partial charge on any atom is 0.186 e. The van der Waals surface area contributed by atoms with Crippen LogP contribution in [0.5, 0.6) is 0 Å². The molecule has 6 nitrogen and oxygen atoms in total. The number of hydrogen-bond donors (Lipinski definition) is 1.